The van der Waals surface area contributed by atoms with Crippen LogP contribution in [0.5, 0.6) is 0 Å². The SMILES string of the molecule is Cc1ccoc1-c1nnc2c(Cl)cc(C(=O)O)cn12. The Kier molecular flexibility index (Phi) is 2.53. The maximum atomic E-state index is 11.0. The van der Waals surface area contributed by atoms with Crippen molar-refractivity contribution < 1.29 is 14.3 Å². The molecule has 0 amide bonds. The number of carbonyl (C=O) groups is 1. The van der Waals surface area contributed by atoms with Gasteiger partial charge in [-0.3, -0.25) is 4.40 Å². The van der Waals surface area contributed by atoms with E-state index in [1.54, 1.807) is 6.07 Å². The maximum absolute atomic E-state index is 11.0. The van der Waals surface area contributed by atoms with Gasteiger partial charge in [-0.2, -0.15) is 0 Å². The summed E-state index contributed by atoms with van der Waals surface area (Å²) in [5.74, 6) is -0.117. The fraction of sp³-hybridized carbons (Fsp3) is 0.0833. The van der Waals surface area contributed by atoms with Crippen LogP contribution in [0.2, 0.25) is 5.02 Å². The zero-order valence-electron chi connectivity index (χ0n) is 9.79. The minimum Gasteiger partial charge on any atom is -0.478 e. The molecule has 3 aromatic heterocycles. The highest BCUT2D eigenvalue weighted by molar-refractivity contribution is 6.33. The van der Waals surface area contributed by atoms with Crippen LogP contribution < -0.4 is 0 Å². The normalized spacial score (nSPS) is 11.1. The predicted molar refractivity (Wildman–Crippen MR) is 67.4 cm³/mol. The van der Waals surface area contributed by atoms with Gasteiger partial charge in [0.15, 0.2) is 11.4 Å². The molecule has 7 heteroatoms. The molecule has 0 fully saturated rings. The maximum Gasteiger partial charge on any atom is 0.337 e. The molecule has 0 radical (unpaired) electrons. The lowest BCUT2D eigenvalue weighted by molar-refractivity contribution is 0.0696. The molecule has 0 aliphatic heterocycles. The Labute approximate surface area is 112 Å². The Balaban J connectivity index is 2.33. The summed E-state index contributed by atoms with van der Waals surface area (Å²) in [5, 5.41) is 17.2. The molecule has 0 unspecified atom stereocenters. The Morgan fingerprint density at radius 1 is 1.47 bits per heavy atom. The fourth-order valence-electron chi connectivity index (χ4n) is 1.83. The van der Waals surface area contributed by atoms with E-state index in [-0.39, 0.29) is 10.6 Å². The average molecular weight is 278 g/mol. The molecule has 3 heterocycles. The number of aromatic nitrogens is 3. The molecule has 96 valence electrons. The van der Waals surface area contributed by atoms with Crippen LogP contribution in [0.15, 0.2) is 29.0 Å². The van der Waals surface area contributed by atoms with E-state index in [9.17, 15) is 4.79 Å². The lowest BCUT2D eigenvalue weighted by atomic mass is 10.2. The minimum atomic E-state index is -1.07. The zero-order valence-corrected chi connectivity index (χ0v) is 10.5. The van der Waals surface area contributed by atoms with Gasteiger partial charge in [-0.15, -0.1) is 10.2 Å². The summed E-state index contributed by atoms with van der Waals surface area (Å²) < 4.78 is 6.85. The van der Waals surface area contributed by atoms with Crippen molar-refractivity contribution >= 4 is 23.2 Å². The summed E-state index contributed by atoms with van der Waals surface area (Å²) in [6, 6.07) is 3.13. The van der Waals surface area contributed by atoms with Gasteiger partial charge in [0.05, 0.1) is 16.8 Å². The van der Waals surface area contributed by atoms with E-state index in [1.807, 2.05) is 6.92 Å². The molecule has 6 nitrogen and oxygen atoms in total. The monoisotopic (exact) mass is 277 g/mol. The minimum absolute atomic E-state index is 0.0581. The van der Waals surface area contributed by atoms with Gasteiger partial charge in [-0.05, 0) is 24.6 Å². The molecule has 0 spiro atoms. The van der Waals surface area contributed by atoms with Crippen molar-refractivity contribution in [2.45, 2.75) is 6.92 Å². The van der Waals surface area contributed by atoms with E-state index in [1.165, 1.54) is 22.9 Å². The third-order valence-corrected chi connectivity index (χ3v) is 3.05. The number of carboxylic acids is 1. The molecule has 0 saturated heterocycles. The Hall–Kier alpha value is -2.34. The van der Waals surface area contributed by atoms with Gasteiger partial charge >= 0.3 is 5.97 Å². The van der Waals surface area contributed by atoms with Crippen molar-refractivity contribution in [1.29, 1.82) is 0 Å². The Morgan fingerprint density at radius 3 is 2.89 bits per heavy atom. The summed E-state index contributed by atoms with van der Waals surface area (Å²) in [7, 11) is 0. The molecule has 0 aliphatic carbocycles. The van der Waals surface area contributed by atoms with Crippen LogP contribution >= 0.6 is 11.6 Å². The number of pyridine rings is 1. The van der Waals surface area contributed by atoms with Crippen molar-refractivity contribution in [1.82, 2.24) is 14.6 Å². The largest absolute Gasteiger partial charge is 0.478 e. The zero-order chi connectivity index (χ0) is 13.6. The molecule has 3 aromatic rings. The van der Waals surface area contributed by atoms with E-state index in [2.05, 4.69) is 10.2 Å². The second kappa shape index (κ2) is 4.10. The number of furan rings is 1. The number of aromatic carboxylic acids is 1. The molecule has 0 bridgehead atoms. The van der Waals surface area contributed by atoms with Crippen LogP contribution in [0, 0.1) is 6.92 Å². The van der Waals surface area contributed by atoms with Gasteiger partial charge in [0.1, 0.15) is 0 Å². The van der Waals surface area contributed by atoms with Gasteiger partial charge in [0.2, 0.25) is 5.82 Å². The molecule has 19 heavy (non-hydrogen) atoms. The standard InChI is InChI=1S/C12H8ClN3O3/c1-6-2-3-19-9(6)11-15-14-10-8(13)4-7(12(17)18)5-16(10)11/h2-5H,1H3,(H,17,18). The van der Waals surface area contributed by atoms with Crippen LogP contribution in [0.25, 0.3) is 17.2 Å². The van der Waals surface area contributed by atoms with Crippen LogP contribution in [-0.4, -0.2) is 25.7 Å². The second-order valence-electron chi connectivity index (χ2n) is 4.03. The van der Waals surface area contributed by atoms with Crippen molar-refractivity contribution in [3.05, 3.63) is 40.7 Å². The van der Waals surface area contributed by atoms with E-state index < -0.39 is 5.97 Å². The third kappa shape index (κ3) is 1.77. The molecule has 1 N–H and O–H groups in total. The van der Waals surface area contributed by atoms with Crippen molar-refractivity contribution in [3.63, 3.8) is 0 Å². The first-order valence-electron chi connectivity index (χ1n) is 5.40. The third-order valence-electron chi connectivity index (χ3n) is 2.77. The molecule has 0 saturated carbocycles. The number of hydrogen-bond donors (Lipinski definition) is 1. The Bertz CT molecular complexity index is 791. The van der Waals surface area contributed by atoms with Crippen molar-refractivity contribution in [2.75, 3.05) is 0 Å². The van der Waals surface area contributed by atoms with Crippen LogP contribution in [0.4, 0.5) is 0 Å². The quantitative estimate of drug-likeness (QED) is 0.779. The first-order valence-corrected chi connectivity index (χ1v) is 5.78. The Morgan fingerprint density at radius 2 is 2.26 bits per heavy atom. The topological polar surface area (TPSA) is 80.6 Å². The number of carboxylic acid groups (broad SMARTS) is 1. The van der Waals surface area contributed by atoms with Crippen molar-refractivity contribution in [2.24, 2.45) is 0 Å². The van der Waals surface area contributed by atoms with Gasteiger partial charge in [-0.1, -0.05) is 11.6 Å². The highest BCUT2D eigenvalue weighted by Gasteiger charge is 2.17. The van der Waals surface area contributed by atoms with E-state index >= 15 is 0 Å². The highest BCUT2D eigenvalue weighted by atomic mass is 35.5. The lowest BCUT2D eigenvalue weighted by Gasteiger charge is -2.01. The average Bonchev–Trinajstić information content (AvgIpc) is 2.94. The van der Waals surface area contributed by atoms with Gasteiger partial charge in [0.25, 0.3) is 0 Å². The first kappa shape index (κ1) is 11.7. The summed E-state index contributed by atoms with van der Waals surface area (Å²) in [5.41, 5.74) is 1.33. The summed E-state index contributed by atoms with van der Waals surface area (Å²) in [6.07, 6.45) is 2.95. The van der Waals surface area contributed by atoms with Crippen LogP contribution in [-0.2, 0) is 0 Å². The number of fused-ring (bicyclic) bond motifs is 1. The van der Waals surface area contributed by atoms with Gasteiger partial charge in [-0.25, -0.2) is 4.79 Å². The summed E-state index contributed by atoms with van der Waals surface area (Å²) >= 11 is 6.00. The lowest BCUT2D eigenvalue weighted by Crippen LogP contribution is -2.00. The predicted octanol–water partition coefficient (Wildman–Crippen LogP) is 2.65. The highest BCUT2D eigenvalue weighted by Crippen LogP contribution is 2.26. The molecule has 3 rings (SSSR count). The molecule has 0 atom stereocenters. The fourth-order valence-corrected chi connectivity index (χ4v) is 2.07. The smallest absolute Gasteiger partial charge is 0.337 e. The first-order chi connectivity index (χ1) is 9.08. The van der Waals surface area contributed by atoms with Gasteiger partial charge < -0.3 is 9.52 Å². The number of nitrogens with zero attached hydrogens (tertiary/aromatic N) is 3. The van der Waals surface area contributed by atoms with Crippen LogP contribution in [0.3, 0.4) is 0 Å². The molecular formula is C12H8ClN3O3. The molecule has 0 aliphatic rings. The number of halogens is 1. The van der Waals surface area contributed by atoms with Crippen molar-refractivity contribution in [3.8, 4) is 11.6 Å². The van der Waals surface area contributed by atoms with E-state index in [0.29, 0.717) is 17.2 Å². The molecular weight excluding hydrogens is 270 g/mol. The summed E-state index contributed by atoms with van der Waals surface area (Å²) in [4.78, 5) is 11.0. The number of aryl methyl sites for hydroxylation is 1. The van der Waals surface area contributed by atoms with E-state index in [4.69, 9.17) is 21.1 Å². The van der Waals surface area contributed by atoms with E-state index in [0.717, 1.165) is 5.56 Å². The number of hydrogen-bond acceptors (Lipinski definition) is 4. The molecule has 0 aromatic carbocycles. The summed E-state index contributed by atoms with van der Waals surface area (Å²) in [6.45, 7) is 1.86. The van der Waals surface area contributed by atoms with Crippen LogP contribution in [0.1, 0.15) is 15.9 Å². The second-order valence-corrected chi connectivity index (χ2v) is 4.44. The van der Waals surface area contributed by atoms with Gasteiger partial charge in [0, 0.05) is 6.20 Å². The number of rotatable bonds is 2.